The molecule has 7 heteroatoms. The number of hydrogen-bond acceptors (Lipinski definition) is 4. The van der Waals surface area contributed by atoms with Gasteiger partial charge >= 0.3 is 0 Å². The summed E-state index contributed by atoms with van der Waals surface area (Å²) in [6.07, 6.45) is 1.52. The summed E-state index contributed by atoms with van der Waals surface area (Å²) in [6, 6.07) is 4.55. The molecule has 7 nitrogen and oxygen atoms in total. The van der Waals surface area contributed by atoms with Crippen LogP contribution in [0.25, 0.3) is 0 Å². The van der Waals surface area contributed by atoms with Crippen LogP contribution in [0.4, 0.5) is 5.69 Å². The van der Waals surface area contributed by atoms with Crippen LogP contribution in [0.15, 0.2) is 36.9 Å². The van der Waals surface area contributed by atoms with Gasteiger partial charge in [-0.1, -0.05) is 12.1 Å². The number of carbonyl (C=O) groups is 2. The first-order valence-electron chi connectivity index (χ1n) is 5.89. The maximum atomic E-state index is 11.9. The Morgan fingerprint density at radius 1 is 1.50 bits per heavy atom. The minimum absolute atomic E-state index is 0.127. The molecule has 20 heavy (non-hydrogen) atoms. The van der Waals surface area contributed by atoms with Gasteiger partial charge in [-0.3, -0.25) is 19.7 Å². The van der Waals surface area contributed by atoms with Crippen LogP contribution >= 0.6 is 0 Å². The first-order chi connectivity index (χ1) is 9.45. The van der Waals surface area contributed by atoms with Crippen molar-refractivity contribution in [2.24, 2.45) is 0 Å². The number of rotatable bonds is 6. The van der Waals surface area contributed by atoms with Gasteiger partial charge in [0, 0.05) is 24.2 Å². The number of amides is 2. The molecule has 0 radical (unpaired) electrons. The predicted octanol–water partition coefficient (Wildman–Crippen LogP) is 1.02. The van der Waals surface area contributed by atoms with Crippen molar-refractivity contribution in [1.29, 1.82) is 0 Å². The number of benzene rings is 1. The molecule has 0 heterocycles. The monoisotopic (exact) mass is 277 g/mol. The molecule has 1 aromatic carbocycles. The average molecular weight is 277 g/mol. The number of hydrogen-bond donors (Lipinski definition) is 2. The van der Waals surface area contributed by atoms with Crippen LogP contribution in [0.3, 0.4) is 0 Å². The zero-order chi connectivity index (χ0) is 15.1. The Kier molecular flexibility index (Phi) is 5.40. The van der Waals surface area contributed by atoms with E-state index in [0.29, 0.717) is 6.54 Å². The Morgan fingerprint density at radius 2 is 2.20 bits per heavy atom. The van der Waals surface area contributed by atoms with Crippen LogP contribution < -0.4 is 10.6 Å². The van der Waals surface area contributed by atoms with Crippen LogP contribution in [0.5, 0.6) is 0 Å². The summed E-state index contributed by atoms with van der Waals surface area (Å²) in [7, 11) is 0. The van der Waals surface area contributed by atoms with E-state index >= 15 is 0 Å². The number of nitrogens with zero attached hydrogens (tertiary/aromatic N) is 1. The van der Waals surface area contributed by atoms with Crippen molar-refractivity contribution in [3.63, 3.8) is 0 Å². The highest BCUT2D eigenvalue weighted by Gasteiger charge is 2.17. The van der Waals surface area contributed by atoms with E-state index in [9.17, 15) is 19.7 Å². The second kappa shape index (κ2) is 7.03. The molecule has 0 aliphatic heterocycles. The molecule has 1 rings (SSSR count). The third kappa shape index (κ3) is 4.20. The summed E-state index contributed by atoms with van der Waals surface area (Å²) in [5.74, 6) is -0.904. The maximum Gasteiger partial charge on any atom is 0.270 e. The zero-order valence-electron chi connectivity index (χ0n) is 11.0. The van der Waals surface area contributed by atoms with Gasteiger partial charge in [0.1, 0.15) is 6.04 Å². The van der Waals surface area contributed by atoms with Crippen molar-refractivity contribution in [2.75, 3.05) is 6.54 Å². The van der Waals surface area contributed by atoms with E-state index in [1.807, 2.05) is 0 Å². The van der Waals surface area contributed by atoms with Gasteiger partial charge in [-0.2, -0.15) is 0 Å². The molecule has 0 bridgehead atoms. The third-order valence-corrected chi connectivity index (χ3v) is 2.48. The topological polar surface area (TPSA) is 101 Å². The SMILES string of the molecule is C=CCNC(=O)[C@H](C)NC(=O)c1cccc([N+](=O)[O-])c1. The van der Waals surface area contributed by atoms with Crippen LogP contribution in [-0.4, -0.2) is 29.3 Å². The standard InChI is InChI=1S/C13H15N3O4/c1-3-7-14-12(17)9(2)15-13(18)10-5-4-6-11(8-10)16(19)20/h3-6,8-9H,1,7H2,2H3,(H,14,17)(H,15,18)/t9-/m0/s1. The van der Waals surface area contributed by atoms with Gasteiger partial charge in [0.05, 0.1) is 4.92 Å². The van der Waals surface area contributed by atoms with Gasteiger partial charge < -0.3 is 10.6 Å². The van der Waals surface area contributed by atoms with E-state index in [-0.39, 0.29) is 17.2 Å². The molecule has 0 saturated carbocycles. The largest absolute Gasteiger partial charge is 0.351 e. The van der Waals surface area contributed by atoms with E-state index in [0.717, 1.165) is 6.07 Å². The second-order valence-corrected chi connectivity index (χ2v) is 4.04. The molecule has 0 saturated heterocycles. The lowest BCUT2D eigenvalue weighted by Gasteiger charge is -2.13. The van der Waals surface area contributed by atoms with E-state index in [1.165, 1.54) is 31.2 Å². The Bertz CT molecular complexity index is 542. The predicted molar refractivity (Wildman–Crippen MR) is 73.2 cm³/mol. The van der Waals surface area contributed by atoms with Gasteiger partial charge in [0.25, 0.3) is 11.6 Å². The van der Waals surface area contributed by atoms with Crippen LogP contribution in [0.2, 0.25) is 0 Å². The fourth-order valence-corrected chi connectivity index (χ4v) is 1.43. The molecule has 0 spiro atoms. The first-order valence-corrected chi connectivity index (χ1v) is 5.89. The minimum atomic E-state index is -0.748. The molecule has 0 aliphatic carbocycles. The first kappa shape index (κ1) is 15.4. The van der Waals surface area contributed by atoms with Crippen molar-refractivity contribution in [3.05, 3.63) is 52.6 Å². The van der Waals surface area contributed by atoms with Gasteiger partial charge in [0.15, 0.2) is 0 Å². The van der Waals surface area contributed by atoms with Gasteiger partial charge in [0.2, 0.25) is 5.91 Å². The number of non-ortho nitro benzene ring substituents is 1. The van der Waals surface area contributed by atoms with Crippen molar-refractivity contribution in [2.45, 2.75) is 13.0 Å². The molecular formula is C13H15N3O4. The molecule has 1 aromatic rings. The molecule has 0 aliphatic rings. The summed E-state index contributed by atoms with van der Waals surface area (Å²) >= 11 is 0. The quantitative estimate of drug-likeness (QED) is 0.460. The van der Waals surface area contributed by atoms with Gasteiger partial charge in [-0.05, 0) is 13.0 Å². The molecular weight excluding hydrogens is 262 g/mol. The summed E-state index contributed by atoms with van der Waals surface area (Å²) in [6.45, 7) is 5.28. The van der Waals surface area contributed by atoms with Crippen molar-refractivity contribution < 1.29 is 14.5 Å². The molecule has 0 aromatic heterocycles. The Morgan fingerprint density at radius 3 is 2.80 bits per heavy atom. The van der Waals surface area contributed by atoms with Crippen molar-refractivity contribution in [3.8, 4) is 0 Å². The minimum Gasteiger partial charge on any atom is -0.351 e. The fourth-order valence-electron chi connectivity index (χ4n) is 1.43. The average Bonchev–Trinajstić information content (AvgIpc) is 2.44. The fraction of sp³-hybridized carbons (Fsp3) is 0.231. The maximum absolute atomic E-state index is 11.9. The summed E-state index contributed by atoms with van der Waals surface area (Å²) in [5.41, 5.74) is -0.0519. The van der Waals surface area contributed by atoms with Crippen LogP contribution in [0.1, 0.15) is 17.3 Å². The second-order valence-electron chi connectivity index (χ2n) is 4.04. The van der Waals surface area contributed by atoms with Crippen molar-refractivity contribution >= 4 is 17.5 Å². The molecule has 106 valence electrons. The highest BCUT2D eigenvalue weighted by Crippen LogP contribution is 2.12. The van der Waals surface area contributed by atoms with Gasteiger partial charge in [-0.15, -0.1) is 6.58 Å². The Hall–Kier alpha value is -2.70. The lowest BCUT2D eigenvalue weighted by Crippen LogP contribution is -2.44. The summed E-state index contributed by atoms with van der Waals surface area (Å²) in [5, 5.41) is 15.6. The highest BCUT2D eigenvalue weighted by molar-refractivity contribution is 5.97. The normalized spacial score (nSPS) is 11.2. The highest BCUT2D eigenvalue weighted by atomic mass is 16.6. The lowest BCUT2D eigenvalue weighted by atomic mass is 10.1. The van der Waals surface area contributed by atoms with E-state index in [1.54, 1.807) is 0 Å². The molecule has 2 amide bonds. The number of nitrogens with one attached hydrogen (secondary N) is 2. The van der Waals surface area contributed by atoms with Gasteiger partial charge in [-0.25, -0.2) is 0 Å². The number of nitro benzene ring substituents is 1. The third-order valence-electron chi connectivity index (χ3n) is 2.48. The van der Waals surface area contributed by atoms with Crippen LogP contribution in [0, 0.1) is 10.1 Å². The zero-order valence-corrected chi connectivity index (χ0v) is 11.0. The summed E-state index contributed by atoms with van der Waals surface area (Å²) in [4.78, 5) is 33.5. The van der Waals surface area contributed by atoms with E-state index in [4.69, 9.17) is 0 Å². The number of carbonyl (C=O) groups excluding carboxylic acids is 2. The Labute approximate surface area is 115 Å². The van der Waals surface area contributed by atoms with E-state index < -0.39 is 16.9 Å². The Balaban J connectivity index is 2.71. The smallest absolute Gasteiger partial charge is 0.270 e. The number of nitro groups is 1. The van der Waals surface area contributed by atoms with E-state index in [2.05, 4.69) is 17.2 Å². The molecule has 1 atom stereocenters. The lowest BCUT2D eigenvalue weighted by molar-refractivity contribution is -0.384. The molecule has 0 unspecified atom stereocenters. The molecule has 2 N–H and O–H groups in total. The van der Waals surface area contributed by atoms with Crippen molar-refractivity contribution in [1.82, 2.24) is 10.6 Å². The van der Waals surface area contributed by atoms with Crippen LogP contribution in [-0.2, 0) is 4.79 Å². The summed E-state index contributed by atoms with van der Waals surface area (Å²) < 4.78 is 0. The molecule has 0 fully saturated rings.